The van der Waals surface area contributed by atoms with Gasteiger partial charge in [0.25, 0.3) is 5.91 Å². The molecule has 6 heteroatoms. The second kappa shape index (κ2) is 7.00. The number of carbonyl (C=O) groups is 2. The number of ether oxygens (including phenoxy) is 1. The van der Waals surface area contributed by atoms with E-state index in [-0.39, 0.29) is 19.1 Å². The summed E-state index contributed by atoms with van der Waals surface area (Å²) in [5.74, 6) is 0.366. The highest BCUT2D eigenvalue weighted by atomic mass is 16.5. The van der Waals surface area contributed by atoms with Gasteiger partial charge in [0, 0.05) is 0 Å². The second-order valence-corrected chi connectivity index (χ2v) is 5.91. The van der Waals surface area contributed by atoms with E-state index < -0.39 is 17.7 Å². The molecule has 0 radical (unpaired) electrons. The Morgan fingerprint density at radius 1 is 1.22 bits per heavy atom. The van der Waals surface area contributed by atoms with Crippen molar-refractivity contribution in [3.05, 3.63) is 29.8 Å². The lowest BCUT2D eigenvalue weighted by atomic mass is 9.93. The van der Waals surface area contributed by atoms with Crippen LogP contribution in [0.2, 0.25) is 0 Å². The Balaban J connectivity index is 1.92. The van der Waals surface area contributed by atoms with E-state index in [1.54, 1.807) is 0 Å². The number of carbonyl (C=O) groups excluding carboxylic acids is 2. The first kappa shape index (κ1) is 17.3. The zero-order valence-corrected chi connectivity index (χ0v) is 13.8. The van der Waals surface area contributed by atoms with E-state index in [0.717, 1.165) is 10.5 Å². The molecule has 23 heavy (non-hydrogen) atoms. The maximum atomic E-state index is 12.4. The van der Waals surface area contributed by atoms with Crippen molar-refractivity contribution in [2.24, 2.45) is 0 Å². The predicted molar refractivity (Wildman–Crippen MR) is 86.2 cm³/mol. The normalized spacial score (nSPS) is 18.0. The van der Waals surface area contributed by atoms with Crippen molar-refractivity contribution in [1.29, 1.82) is 0 Å². The van der Waals surface area contributed by atoms with Crippen molar-refractivity contribution in [2.75, 3.05) is 13.2 Å². The standard InChI is InChI=1S/C17H24N2O4/c1-4-17(5-2)15(21)19(16(22)18-17)10-13(20)11-23-14-8-6-12(3)7-9-14/h6-9,13,20H,4-5,10-11H2,1-3H3,(H,18,22)/t13-/m1/s1. The second-order valence-electron chi connectivity index (χ2n) is 5.91. The van der Waals surface area contributed by atoms with E-state index in [4.69, 9.17) is 4.74 Å². The van der Waals surface area contributed by atoms with Crippen molar-refractivity contribution in [1.82, 2.24) is 10.2 Å². The molecule has 2 rings (SSSR count). The topological polar surface area (TPSA) is 78.9 Å². The predicted octanol–water partition coefficient (Wildman–Crippen LogP) is 1.85. The zero-order chi connectivity index (χ0) is 17.0. The Labute approximate surface area is 136 Å². The van der Waals surface area contributed by atoms with E-state index in [2.05, 4.69) is 5.32 Å². The van der Waals surface area contributed by atoms with Gasteiger partial charge in [-0.1, -0.05) is 31.5 Å². The lowest BCUT2D eigenvalue weighted by molar-refractivity contribution is -0.132. The first-order valence-corrected chi connectivity index (χ1v) is 7.93. The third kappa shape index (κ3) is 3.64. The molecule has 0 bridgehead atoms. The molecule has 1 aromatic carbocycles. The molecule has 0 aliphatic carbocycles. The summed E-state index contributed by atoms with van der Waals surface area (Å²) in [6.07, 6.45) is 0.122. The number of hydrogen-bond acceptors (Lipinski definition) is 4. The molecule has 0 spiro atoms. The summed E-state index contributed by atoms with van der Waals surface area (Å²) in [7, 11) is 0. The van der Waals surface area contributed by atoms with Gasteiger partial charge in [-0.25, -0.2) is 4.79 Å². The summed E-state index contributed by atoms with van der Waals surface area (Å²) in [6, 6.07) is 7.00. The van der Waals surface area contributed by atoms with Crippen LogP contribution in [0.15, 0.2) is 24.3 Å². The number of aliphatic hydroxyl groups excluding tert-OH is 1. The molecule has 1 atom stereocenters. The van der Waals surface area contributed by atoms with Crippen molar-refractivity contribution in [3.63, 3.8) is 0 Å². The third-order valence-corrected chi connectivity index (χ3v) is 4.31. The lowest BCUT2D eigenvalue weighted by Gasteiger charge is -2.23. The molecule has 1 heterocycles. The van der Waals surface area contributed by atoms with Crippen LogP contribution in [0.3, 0.4) is 0 Å². The quantitative estimate of drug-likeness (QED) is 0.752. The molecule has 1 aliphatic heterocycles. The van der Waals surface area contributed by atoms with Crippen LogP contribution in [-0.4, -0.2) is 46.7 Å². The summed E-state index contributed by atoms with van der Waals surface area (Å²) in [4.78, 5) is 25.5. The molecule has 0 unspecified atom stereocenters. The number of amides is 3. The molecule has 1 fully saturated rings. The Morgan fingerprint density at radius 3 is 2.35 bits per heavy atom. The van der Waals surface area contributed by atoms with Gasteiger partial charge in [0.15, 0.2) is 0 Å². The smallest absolute Gasteiger partial charge is 0.325 e. The van der Waals surface area contributed by atoms with Crippen LogP contribution in [0.5, 0.6) is 5.75 Å². The van der Waals surface area contributed by atoms with Gasteiger partial charge in [-0.3, -0.25) is 9.69 Å². The molecule has 2 N–H and O–H groups in total. The Kier molecular flexibility index (Phi) is 5.26. The first-order chi connectivity index (χ1) is 10.9. The van der Waals surface area contributed by atoms with E-state index >= 15 is 0 Å². The van der Waals surface area contributed by atoms with E-state index in [1.807, 2.05) is 45.0 Å². The number of nitrogens with zero attached hydrogens (tertiary/aromatic N) is 1. The highest BCUT2D eigenvalue weighted by molar-refractivity contribution is 6.07. The molecular weight excluding hydrogens is 296 g/mol. The maximum absolute atomic E-state index is 12.4. The van der Waals surface area contributed by atoms with Gasteiger partial charge in [0.05, 0.1) is 6.54 Å². The van der Waals surface area contributed by atoms with Crippen molar-refractivity contribution >= 4 is 11.9 Å². The summed E-state index contributed by atoms with van der Waals surface area (Å²) in [5, 5.41) is 12.8. The van der Waals surface area contributed by atoms with E-state index in [1.165, 1.54) is 0 Å². The van der Waals surface area contributed by atoms with E-state index in [9.17, 15) is 14.7 Å². The lowest BCUT2D eigenvalue weighted by Crippen LogP contribution is -2.46. The fourth-order valence-electron chi connectivity index (χ4n) is 2.66. The van der Waals surface area contributed by atoms with Gasteiger partial charge in [0.1, 0.15) is 24.0 Å². The number of β-amino-alcohol motifs (C(OH)–C–C–N with tert-alkyl or cyclic N) is 1. The van der Waals surface area contributed by atoms with Gasteiger partial charge in [-0.2, -0.15) is 0 Å². The van der Waals surface area contributed by atoms with Crippen LogP contribution in [0.4, 0.5) is 4.79 Å². The van der Waals surface area contributed by atoms with Crippen LogP contribution in [-0.2, 0) is 4.79 Å². The summed E-state index contributed by atoms with van der Waals surface area (Å²) in [5.41, 5.74) is 0.280. The van der Waals surface area contributed by atoms with Gasteiger partial charge in [0.2, 0.25) is 0 Å². The molecule has 0 aromatic heterocycles. The first-order valence-electron chi connectivity index (χ1n) is 7.93. The average molecular weight is 320 g/mol. The molecular formula is C17H24N2O4. The number of urea groups is 1. The van der Waals surface area contributed by atoms with Crippen LogP contribution in [0.25, 0.3) is 0 Å². The molecule has 1 aliphatic rings. The molecule has 126 valence electrons. The fourth-order valence-corrected chi connectivity index (χ4v) is 2.66. The summed E-state index contributed by atoms with van der Waals surface area (Å²) < 4.78 is 5.49. The minimum absolute atomic E-state index is 0.0192. The summed E-state index contributed by atoms with van der Waals surface area (Å²) in [6.45, 7) is 5.65. The van der Waals surface area contributed by atoms with Crippen LogP contribution in [0.1, 0.15) is 32.3 Å². The molecule has 1 aromatic rings. The molecule has 0 saturated carbocycles. The monoisotopic (exact) mass is 320 g/mol. The highest BCUT2D eigenvalue weighted by Gasteiger charge is 2.48. The van der Waals surface area contributed by atoms with Gasteiger partial charge in [-0.15, -0.1) is 0 Å². The molecule has 1 saturated heterocycles. The Bertz CT molecular complexity index is 566. The SMILES string of the molecule is CCC1(CC)NC(=O)N(C[C@@H](O)COc2ccc(C)cc2)C1=O. The van der Waals surface area contributed by atoms with Crippen LogP contribution < -0.4 is 10.1 Å². The highest BCUT2D eigenvalue weighted by Crippen LogP contribution is 2.25. The fraction of sp³-hybridized carbons (Fsp3) is 0.529. The van der Waals surface area contributed by atoms with Crippen molar-refractivity contribution < 1.29 is 19.4 Å². The maximum Gasteiger partial charge on any atom is 0.325 e. The zero-order valence-electron chi connectivity index (χ0n) is 13.8. The van der Waals surface area contributed by atoms with Crippen LogP contribution in [0, 0.1) is 6.92 Å². The average Bonchev–Trinajstić information content (AvgIpc) is 2.79. The number of imide groups is 1. The number of benzene rings is 1. The van der Waals surface area contributed by atoms with Gasteiger partial charge >= 0.3 is 6.03 Å². The van der Waals surface area contributed by atoms with Crippen LogP contribution >= 0.6 is 0 Å². The Hall–Kier alpha value is -2.08. The van der Waals surface area contributed by atoms with Crippen molar-refractivity contribution in [2.45, 2.75) is 45.3 Å². The molecule has 3 amide bonds. The van der Waals surface area contributed by atoms with Crippen molar-refractivity contribution in [3.8, 4) is 5.75 Å². The number of aryl methyl sites for hydroxylation is 1. The largest absolute Gasteiger partial charge is 0.491 e. The summed E-state index contributed by atoms with van der Waals surface area (Å²) >= 11 is 0. The molecule has 6 nitrogen and oxygen atoms in total. The number of rotatable bonds is 7. The number of nitrogens with one attached hydrogen (secondary N) is 1. The minimum Gasteiger partial charge on any atom is -0.491 e. The number of hydrogen-bond donors (Lipinski definition) is 2. The Morgan fingerprint density at radius 2 is 1.83 bits per heavy atom. The van der Waals surface area contributed by atoms with E-state index in [0.29, 0.717) is 18.6 Å². The van der Waals surface area contributed by atoms with Gasteiger partial charge in [-0.05, 0) is 31.9 Å². The number of aliphatic hydroxyl groups is 1. The minimum atomic E-state index is -0.935. The third-order valence-electron chi connectivity index (χ3n) is 4.31. The van der Waals surface area contributed by atoms with Gasteiger partial charge < -0.3 is 15.2 Å².